The van der Waals surface area contributed by atoms with Crippen LogP contribution in [-0.2, 0) is 6.18 Å². The van der Waals surface area contributed by atoms with E-state index in [1.807, 2.05) is 19.0 Å². The molecular formula is C21H25F3N2O3. The minimum Gasteiger partial charge on any atom is -0.493 e. The van der Waals surface area contributed by atoms with Gasteiger partial charge in [0.1, 0.15) is 23.7 Å². The van der Waals surface area contributed by atoms with Crippen LogP contribution in [-0.4, -0.2) is 44.7 Å². The smallest absolute Gasteiger partial charge is 0.416 e. The van der Waals surface area contributed by atoms with Crippen LogP contribution in [0.15, 0.2) is 36.4 Å². The van der Waals surface area contributed by atoms with Gasteiger partial charge < -0.3 is 19.7 Å². The number of anilines is 1. The van der Waals surface area contributed by atoms with Crippen LogP contribution in [0.5, 0.6) is 11.5 Å². The zero-order valence-corrected chi connectivity index (χ0v) is 16.9. The van der Waals surface area contributed by atoms with Gasteiger partial charge in [0.15, 0.2) is 0 Å². The lowest BCUT2D eigenvalue weighted by molar-refractivity contribution is -0.138. The normalized spacial score (nSPS) is 11.4. The standard InChI is InChI=1S/C21H25F3N2O3/c1-5-28-17-7-6-8-18(29-12-11-26(3)4)19(17)20(27)25-15-10-9-14(2)16(13-15)21(22,23)24/h6-10,13H,5,11-12H2,1-4H3,(H,25,27). The first-order valence-corrected chi connectivity index (χ1v) is 9.16. The lowest BCUT2D eigenvalue weighted by Crippen LogP contribution is -2.21. The summed E-state index contributed by atoms with van der Waals surface area (Å²) < 4.78 is 50.8. The Morgan fingerprint density at radius 3 is 2.34 bits per heavy atom. The van der Waals surface area contributed by atoms with Crippen molar-refractivity contribution in [3.05, 3.63) is 53.1 Å². The molecule has 1 amide bonds. The molecule has 29 heavy (non-hydrogen) atoms. The largest absolute Gasteiger partial charge is 0.493 e. The summed E-state index contributed by atoms with van der Waals surface area (Å²) in [7, 11) is 3.78. The van der Waals surface area contributed by atoms with E-state index in [-0.39, 0.29) is 16.8 Å². The highest BCUT2D eigenvalue weighted by Gasteiger charge is 2.32. The predicted molar refractivity (Wildman–Crippen MR) is 106 cm³/mol. The minimum absolute atomic E-state index is 0.0402. The third-order valence-electron chi connectivity index (χ3n) is 4.11. The number of likely N-dealkylation sites (N-methyl/N-ethyl adjacent to an activating group) is 1. The van der Waals surface area contributed by atoms with Crippen LogP contribution in [0.3, 0.4) is 0 Å². The Kier molecular flexibility index (Phi) is 7.50. The van der Waals surface area contributed by atoms with Crippen molar-refractivity contribution in [3.8, 4) is 11.5 Å². The van der Waals surface area contributed by atoms with Crippen LogP contribution in [0, 0.1) is 6.92 Å². The van der Waals surface area contributed by atoms with E-state index in [1.165, 1.54) is 19.1 Å². The fourth-order valence-electron chi connectivity index (χ4n) is 2.67. The molecule has 1 N–H and O–H groups in total. The molecule has 0 saturated heterocycles. The summed E-state index contributed by atoms with van der Waals surface area (Å²) >= 11 is 0. The summed E-state index contributed by atoms with van der Waals surface area (Å²) in [5, 5.41) is 2.53. The van der Waals surface area contributed by atoms with E-state index in [9.17, 15) is 18.0 Å². The van der Waals surface area contributed by atoms with Gasteiger partial charge in [-0.25, -0.2) is 0 Å². The maximum Gasteiger partial charge on any atom is 0.416 e. The number of alkyl halides is 3. The van der Waals surface area contributed by atoms with E-state index in [2.05, 4.69) is 5.32 Å². The van der Waals surface area contributed by atoms with Gasteiger partial charge in [0, 0.05) is 12.2 Å². The van der Waals surface area contributed by atoms with Crippen molar-refractivity contribution in [1.82, 2.24) is 4.90 Å². The first-order valence-electron chi connectivity index (χ1n) is 9.16. The van der Waals surface area contributed by atoms with Crippen molar-refractivity contribution in [3.63, 3.8) is 0 Å². The van der Waals surface area contributed by atoms with Gasteiger partial charge in [-0.05, 0) is 57.8 Å². The molecule has 2 aromatic carbocycles. The van der Waals surface area contributed by atoms with Crippen molar-refractivity contribution < 1.29 is 27.4 Å². The van der Waals surface area contributed by atoms with Gasteiger partial charge in [0.25, 0.3) is 5.91 Å². The fraction of sp³-hybridized carbons (Fsp3) is 0.381. The number of benzene rings is 2. The van der Waals surface area contributed by atoms with Crippen LogP contribution in [0.4, 0.5) is 18.9 Å². The molecule has 0 spiro atoms. The molecule has 2 rings (SSSR count). The second kappa shape index (κ2) is 9.65. The van der Waals surface area contributed by atoms with Gasteiger partial charge >= 0.3 is 6.18 Å². The Bertz CT molecular complexity index is 852. The molecule has 2 aromatic rings. The number of rotatable bonds is 8. The summed E-state index contributed by atoms with van der Waals surface area (Å²) in [6, 6.07) is 8.61. The zero-order valence-electron chi connectivity index (χ0n) is 16.9. The van der Waals surface area contributed by atoms with Crippen LogP contribution < -0.4 is 14.8 Å². The summed E-state index contributed by atoms with van der Waals surface area (Å²) in [4.78, 5) is 14.8. The molecular weight excluding hydrogens is 385 g/mol. The molecule has 0 fully saturated rings. The number of halogens is 3. The van der Waals surface area contributed by atoms with Crippen LogP contribution in [0.1, 0.15) is 28.4 Å². The van der Waals surface area contributed by atoms with Crippen LogP contribution in [0.25, 0.3) is 0 Å². The summed E-state index contributed by atoms with van der Waals surface area (Å²) in [5.74, 6) is -0.000142. The van der Waals surface area contributed by atoms with Crippen molar-refractivity contribution in [2.24, 2.45) is 0 Å². The van der Waals surface area contributed by atoms with Crippen molar-refractivity contribution >= 4 is 11.6 Å². The lowest BCUT2D eigenvalue weighted by atomic mass is 10.1. The average molecular weight is 410 g/mol. The van der Waals surface area contributed by atoms with E-state index >= 15 is 0 Å². The SMILES string of the molecule is CCOc1cccc(OCCN(C)C)c1C(=O)Nc1ccc(C)c(C(F)(F)F)c1. The highest BCUT2D eigenvalue weighted by molar-refractivity contribution is 6.08. The van der Waals surface area contributed by atoms with Crippen molar-refractivity contribution in [2.45, 2.75) is 20.0 Å². The number of hydrogen-bond donors (Lipinski definition) is 1. The second-order valence-electron chi connectivity index (χ2n) is 6.70. The summed E-state index contributed by atoms with van der Waals surface area (Å²) in [5.41, 5.74) is -0.533. The molecule has 0 aliphatic heterocycles. The maximum absolute atomic E-state index is 13.2. The Labute approximate surface area is 168 Å². The number of amides is 1. The van der Waals surface area contributed by atoms with E-state index < -0.39 is 17.6 Å². The number of carbonyl (C=O) groups is 1. The Balaban J connectivity index is 2.33. The van der Waals surface area contributed by atoms with Gasteiger partial charge in [0.05, 0.1) is 12.2 Å². The number of ether oxygens (including phenoxy) is 2. The van der Waals surface area contributed by atoms with E-state index in [1.54, 1.807) is 25.1 Å². The first-order chi connectivity index (χ1) is 13.6. The molecule has 0 heterocycles. The molecule has 0 atom stereocenters. The molecule has 0 bridgehead atoms. The van der Waals surface area contributed by atoms with Crippen molar-refractivity contribution in [1.29, 1.82) is 0 Å². The molecule has 0 saturated carbocycles. The molecule has 8 heteroatoms. The fourth-order valence-corrected chi connectivity index (χ4v) is 2.67. The maximum atomic E-state index is 13.2. The predicted octanol–water partition coefficient (Wildman–Crippen LogP) is 4.61. The topological polar surface area (TPSA) is 50.8 Å². The number of aryl methyl sites for hydroxylation is 1. The average Bonchev–Trinajstić information content (AvgIpc) is 2.62. The third-order valence-corrected chi connectivity index (χ3v) is 4.11. The second-order valence-corrected chi connectivity index (χ2v) is 6.70. The van der Waals surface area contributed by atoms with Crippen LogP contribution in [0.2, 0.25) is 0 Å². The first kappa shape index (κ1) is 22.5. The van der Waals surface area contributed by atoms with E-state index in [0.29, 0.717) is 31.3 Å². The van der Waals surface area contributed by atoms with Gasteiger partial charge in [-0.15, -0.1) is 0 Å². The molecule has 5 nitrogen and oxygen atoms in total. The molecule has 0 radical (unpaired) electrons. The monoisotopic (exact) mass is 410 g/mol. The molecule has 0 aliphatic carbocycles. The minimum atomic E-state index is -4.51. The quantitative estimate of drug-likeness (QED) is 0.691. The van der Waals surface area contributed by atoms with Crippen LogP contribution >= 0.6 is 0 Å². The highest BCUT2D eigenvalue weighted by Crippen LogP contribution is 2.34. The Morgan fingerprint density at radius 2 is 1.76 bits per heavy atom. The van der Waals surface area contributed by atoms with Crippen molar-refractivity contribution in [2.75, 3.05) is 39.2 Å². The number of carbonyl (C=O) groups excluding carboxylic acids is 1. The van der Waals surface area contributed by atoms with Gasteiger partial charge in [0.2, 0.25) is 0 Å². The molecule has 0 aromatic heterocycles. The highest BCUT2D eigenvalue weighted by atomic mass is 19.4. The summed E-state index contributed by atoms with van der Waals surface area (Å²) in [6.45, 7) is 4.44. The lowest BCUT2D eigenvalue weighted by Gasteiger charge is -2.17. The number of nitrogens with one attached hydrogen (secondary N) is 1. The Morgan fingerprint density at radius 1 is 1.10 bits per heavy atom. The third kappa shape index (κ3) is 6.12. The molecule has 0 aliphatic rings. The zero-order chi connectivity index (χ0) is 21.6. The molecule has 0 unspecified atom stereocenters. The van der Waals surface area contributed by atoms with Gasteiger partial charge in [-0.1, -0.05) is 12.1 Å². The molecule has 158 valence electrons. The number of hydrogen-bond acceptors (Lipinski definition) is 4. The van der Waals surface area contributed by atoms with E-state index in [0.717, 1.165) is 6.07 Å². The van der Waals surface area contributed by atoms with Gasteiger partial charge in [-0.3, -0.25) is 4.79 Å². The summed E-state index contributed by atoms with van der Waals surface area (Å²) in [6.07, 6.45) is -4.51. The van der Waals surface area contributed by atoms with Gasteiger partial charge in [-0.2, -0.15) is 13.2 Å². The Hall–Kier alpha value is -2.74. The van der Waals surface area contributed by atoms with E-state index in [4.69, 9.17) is 9.47 Å². The number of nitrogens with zero attached hydrogens (tertiary/aromatic N) is 1.